The average molecular weight is 563 g/mol. The number of hydrogen-bond donors (Lipinski definition) is 3. The van der Waals surface area contributed by atoms with Crippen LogP contribution in [0.5, 0.6) is 0 Å². The molecule has 214 valence electrons. The Balaban J connectivity index is 1.06. The van der Waals surface area contributed by atoms with Crippen molar-refractivity contribution >= 4 is 34.4 Å². The number of nitrogens with zero attached hydrogens (tertiary/aromatic N) is 3. The molecule has 3 N–H and O–H groups in total. The van der Waals surface area contributed by atoms with Gasteiger partial charge in [0, 0.05) is 49.6 Å². The number of piperidine rings is 1. The number of hydrogen-bond acceptors (Lipinski definition) is 4. The smallest absolute Gasteiger partial charge is 0.318 e. The van der Waals surface area contributed by atoms with Gasteiger partial charge in [0.25, 0.3) is 0 Å². The van der Waals surface area contributed by atoms with Crippen LogP contribution < -0.4 is 10.6 Å². The van der Waals surface area contributed by atoms with E-state index >= 15 is 0 Å². The van der Waals surface area contributed by atoms with Crippen molar-refractivity contribution in [2.24, 2.45) is 11.8 Å². The van der Waals surface area contributed by atoms with Crippen LogP contribution in [-0.4, -0.2) is 57.0 Å². The first kappa shape index (κ1) is 26.3. The molecular formula is C33H34N6O3. The van der Waals surface area contributed by atoms with Gasteiger partial charge in [-0.05, 0) is 59.6 Å². The molecule has 7 rings (SSSR count). The average Bonchev–Trinajstić information content (AvgIpc) is 3.46. The van der Waals surface area contributed by atoms with Crippen LogP contribution in [-0.2, 0) is 35.5 Å². The summed E-state index contributed by atoms with van der Waals surface area (Å²) in [5.41, 5.74) is 6.15. The van der Waals surface area contributed by atoms with Crippen molar-refractivity contribution in [3.63, 3.8) is 0 Å². The molecule has 0 radical (unpaired) electrons. The van der Waals surface area contributed by atoms with Crippen LogP contribution in [0.25, 0.3) is 10.9 Å². The van der Waals surface area contributed by atoms with Gasteiger partial charge in [-0.25, -0.2) is 4.79 Å². The summed E-state index contributed by atoms with van der Waals surface area (Å²) in [7, 11) is 0. The molecule has 4 heterocycles. The quantitative estimate of drug-likeness (QED) is 0.345. The molecule has 42 heavy (non-hydrogen) atoms. The van der Waals surface area contributed by atoms with E-state index in [0.717, 1.165) is 52.5 Å². The Bertz CT molecular complexity index is 1640. The van der Waals surface area contributed by atoms with E-state index in [1.165, 1.54) is 5.56 Å². The predicted octanol–water partition coefficient (Wildman–Crippen LogP) is 4.25. The van der Waals surface area contributed by atoms with E-state index in [1.54, 1.807) is 4.90 Å². The summed E-state index contributed by atoms with van der Waals surface area (Å²) in [5.74, 6) is 0.112. The Labute approximate surface area is 244 Å². The number of aromatic nitrogens is 2. The maximum Gasteiger partial charge on any atom is 0.318 e. The predicted molar refractivity (Wildman–Crippen MR) is 159 cm³/mol. The first-order valence-corrected chi connectivity index (χ1v) is 14.7. The molecule has 0 bridgehead atoms. The molecule has 4 amide bonds. The third kappa shape index (κ3) is 5.00. The number of anilines is 1. The summed E-state index contributed by atoms with van der Waals surface area (Å²) in [6.45, 7) is 2.02. The second-order valence-corrected chi connectivity index (χ2v) is 11.7. The molecule has 1 aromatic heterocycles. The number of rotatable bonds is 4. The van der Waals surface area contributed by atoms with Crippen LogP contribution >= 0.6 is 0 Å². The van der Waals surface area contributed by atoms with Gasteiger partial charge >= 0.3 is 6.03 Å². The fourth-order valence-corrected chi connectivity index (χ4v) is 6.85. The number of urea groups is 1. The van der Waals surface area contributed by atoms with E-state index in [4.69, 9.17) is 0 Å². The van der Waals surface area contributed by atoms with E-state index < -0.39 is 6.04 Å². The summed E-state index contributed by atoms with van der Waals surface area (Å²) in [6.07, 6.45) is 4.48. The lowest BCUT2D eigenvalue weighted by Crippen LogP contribution is -2.54. The third-order valence-corrected chi connectivity index (χ3v) is 9.18. The topological polar surface area (TPSA) is 110 Å². The van der Waals surface area contributed by atoms with Gasteiger partial charge in [-0.3, -0.25) is 14.7 Å². The zero-order chi connectivity index (χ0) is 28.6. The number of H-pyrrole nitrogens is 1. The number of amides is 4. The number of fused-ring (bicyclic) bond motifs is 4. The lowest BCUT2D eigenvalue weighted by atomic mass is 9.78. The van der Waals surface area contributed by atoms with Crippen LogP contribution in [0.3, 0.4) is 0 Å². The fraction of sp³-hybridized carbons (Fsp3) is 0.333. The van der Waals surface area contributed by atoms with Gasteiger partial charge in [-0.15, -0.1) is 0 Å². The van der Waals surface area contributed by atoms with Gasteiger partial charge < -0.3 is 20.4 Å². The molecular weight excluding hydrogens is 528 g/mol. The molecule has 1 unspecified atom stereocenters. The number of likely N-dealkylation sites (tertiary alicyclic amines) is 1. The van der Waals surface area contributed by atoms with E-state index in [1.807, 2.05) is 71.8 Å². The van der Waals surface area contributed by atoms with Crippen molar-refractivity contribution in [1.82, 2.24) is 25.3 Å². The maximum absolute atomic E-state index is 13.9. The monoisotopic (exact) mass is 562 g/mol. The van der Waals surface area contributed by atoms with E-state index in [2.05, 4.69) is 26.9 Å². The molecule has 0 aliphatic carbocycles. The maximum atomic E-state index is 13.9. The Morgan fingerprint density at radius 1 is 0.929 bits per heavy atom. The highest BCUT2D eigenvalue weighted by atomic mass is 16.2. The van der Waals surface area contributed by atoms with E-state index in [-0.39, 0.29) is 29.7 Å². The zero-order valence-corrected chi connectivity index (χ0v) is 23.4. The van der Waals surface area contributed by atoms with Gasteiger partial charge in [-0.2, -0.15) is 5.10 Å². The van der Waals surface area contributed by atoms with Crippen molar-refractivity contribution in [3.05, 3.63) is 95.2 Å². The molecule has 2 atom stereocenters. The molecule has 1 saturated heterocycles. The normalized spacial score (nSPS) is 21.0. The minimum Gasteiger partial charge on any atom is -0.332 e. The Hall–Kier alpha value is -4.66. The Kier molecular flexibility index (Phi) is 6.85. The minimum atomic E-state index is -0.676. The number of carbonyl (C=O) groups is 3. The molecule has 4 aromatic rings. The summed E-state index contributed by atoms with van der Waals surface area (Å²) in [6, 6.07) is 21.0. The van der Waals surface area contributed by atoms with Crippen LogP contribution in [0.15, 0.2) is 72.9 Å². The fourth-order valence-electron chi connectivity index (χ4n) is 6.85. The van der Waals surface area contributed by atoms with Crippen molar-refractivity contribution in [3.8, 4) is 0 Å². The Morgan fingerprint density at radius 3 is 2.55 bits per heavy atom. The van der Waals surface area contributed by atoms with Gasteiger partial charge in [0.2, 0.25) is 11.8 Å². The van der Waals surface area contributed by atoms with Crippen molar-refractivity contribution in [2.45, 2.75) is 44.8 Å². The highest BCUT2D eigenvalue weighted by Gasteiger charge is 2.37. The zero-order valence-electron chi connectivity index (χ0n) is 23.4. The van der Waals surface area contributed by atoms with Gasteiger partial charge in [0.1, 0.15) is 6.04 Å². The second kappa shape index (κ2) is 11.0. The highest BCUT2D eigenvalue weighted by Crippen LogP contribution is 2.34. The summed E-state index contributed by atoms with van der Waals surface area (Å²) >= 11 is 0. The number of nitrogens with one attached hydrogen (secondary N) is 3. The van der Waals surface area contributed by atoms with Crippen LogP contribution in [0, 0.1) is 11.8 Å². The van der Waals surface area contributed by atoms with Crippen LogP contribution in [0.2, 0.25) is 0 Å². The molecule has 3 aromatic carbocycles. The van der Waals surface area contributed by atoms with Crippen LogP contribution in [0.1, 0.15) is 35.1 Å². The SMILES string of the molecule is O=C1Nc2ccccc2CC1C1CCN(C(=O)N[C@@H]2Cc3ccc4[nH]ncc4c3CN(Cc3ccccc3)C2=O)CC1. The van der Waals surface area contributed by atoms with E-state index in [9.17, 15) is 14.4 Å². The largest absolute Gasteiger partial charge is 0.332 e. The molecule has 9 nitrogen and oxygen atoms in total. The summed E-state index contributed by atoms with van der Waals surface area (Å²) < 4.78 is 0. The van der Waals surface area contributed by atoms with Gasteiger partial charge in [-0.1, -0.05) is 54.6 Å². The summed E-state index contributed by atoms with van der Waals surface area (Å²) in [4.78, 5) is 44.0. The van der Waals surface area contributed by atoms with Gasteiger partial charge in [0.05, 0.1) is 11.7 Å². The molecule has 0 spiro atoms. The van der Waals surface area contributed by atoms with E-state index in [0.29, 0.717) is 32.6 Å². The highest BCUT2D eigenvalue weighted by molar-refractivity contribution is 5.96. The number of aromatic amines is 1. The lowest BCUT2D eigenvalue weighted by Gasteiger charge is -2.37. The van der Waals surface area contributed by atoms with Crippen molar-refractivity contribution < 1.29 is 14.4 Å². The first-order chi connectivity index (χ1) is 20.5. The van der Waals surface area contributed by atoms with Crippen LogP contribution in [0.4, 0.5) is 10.5 Å². The molecule has 3 aliphatic rings. The number of benzene rings is 3. The molecule has 1 fully saturated rings. The van der Waals surface area contributed by atoms with Crippen molar-refractivity contribution in [2.75, 3.05) is 18.4 Å². The molecule has 3 aliphatic heterocycles. The molecule has 0 saturated carbocycles. The van der Waals surface area contributed by atoms with Gasteiger partial charge in [0.15, 0.2) is 0 Å². The number of carbonyl (C=O) groups excluding carboxylic acids is 3. The lowest BCUT2D eigenvalue weighted by molar-refractivity contribution is -0.134. The summed E-state index contributed by atoms with van der Waals surface area (Å²) in [5, 5.41) is 14.4. The molecule has 9 heteroatoms. The Morgan fingerprint density at radius 2 is 1.71 bits per heavy atom. The standard InChI is InChI=1S/C33H34N6O3/c40-31-25(16-24-8-4-5-9-28(24)35-31)22-12-14-38(15-13-22)33(42)36-30-17-23-10-11-29-26(18-34-37-29)27(23)20-39(32(30)41)19-21-6-2-1-3-7-21/h1-11,18,22,25,30H,12-17,19-20H2,(H,34,37)(H,35,40)(H,36,42)/t25?,30-/m1/s1. The van der Waals surface area contributed by atoms with Crippen molar-refractivity contribution in [1.29, 1.82) is 0 Å². The minimum absolute atomic E-state index is 0.0737. The second-order valence-electron chi connectivity index (χ2n) is 11.7. The number of para-hydroxylation sites is 1. The third-order valence-electron chi connectivity index (χ3n) is 9.18. The first-order valence-electron chi connectivity index (χ1n) is 14.7.